The second kappa shape index (κ2) is 6.65. The van der Waals surface area contributed by atoms with Crippen molar-refractivity contribution in [1.82, 2.24) is 4.90 Å². The van der Waals surface area contributed by atoms with Gasteiger partial charge in [0.2, 0.25) is 0 Å². The predicted molar refractivity (Wildman–Crippen MR) is 103 cm³/mol. The molecule has 2 aliphatic heterocycles. The van der Waals surface area contributed by atoms with Gasteiger partial charge in [0.1, 0.15) is 5.75 Å². The lowest BCUT2D eigenvalue weighted by Crippen LogP contribution is -2.55. The monoisotopic (exact) mass is 365 g/mol. The SMILES string of the molecule is N=C(Oc1ccc(C(O)=C2Nc3ccccc3N2)cc1)C(=N)N1CC(O)C1. The largest absolute Gasteiger partial charge is 0.504 e. The van der Waals surface area contributed by atoms with Crippen LogP contribution in [0.1, 0.15) is 5.56 Å². The number of nitrogens with one attached hydrogen (secondary N) is 4. The Kier molecular flexibility index (Phi) is 4.17. The molecule has 0 saturated carbocycles. The van der Waals surface area contributed by atoms with Crippen LogP contribution in [-0.2, 0) is 0 Å². The number of likely N-dealkylation sites (tertiary alicyclic amines) is 1. The minimum atomic E-state index is -0.447. The Balaban J connectivity index is 1.43. The number of hydrogen-bond acceptors (Lipinski definition) is 7. The van der Waals surface area contributed by atoms with Gasteiger partial charge in [0.05, 0.1) is 17.5 Å². The van der Waals surface area contributed by atoms with E-state index in [2.05, 4.69) is 10.6 Å². The summed E-state index contributed by atoms with van der Waals surface area (Å²) >= 11 is 0. The van der Waals surface area contributed by atoms with Gasteiger partial charge in [-0.2, -0.15) is 0 Å². The van der Waals surface area contributed by atoms with Crippen molar-refractivity contribution in [3.63, 3.8) is 0 Å². The average Bonchev–Trinajstić information content (AvgIpc) is 3.09. The number of β-amino-alcohol motifs (C(OH)–C–C–N with tert-alkyl or cyclic N) is 1. The number of aliphatic hydroxyl groups excluding tert-OH is 2. The maximum atomic E-state index is 10.5. The number of fused-ring (bicyclic) bond motifs is 1. The van der Waals surface area contributed by atoms with Crippen molar-refractivity contribution in [2.24, 2.45) is 0 Å². The summed E-state index contributed by atoms with van der Waals surface area (Å²) in [7, 11) is 0. The lowest BCUT2D eigenvalue weighted by molar-refractivity contribution is 0.0470. The summed E-state index contributed by atoms with van der Waals surface area (Å²) in [6.07, 6.45) is -0.447. The second-order valence-electron chi connectivity index (χ2n) is 6.38. The van der Waals surface area contributed by atoms with Crippen molar-refractivity contribution in [3.8, 4) is 5.75 Å². The third-order valence-electron chi connectivity index (χ3n) is 4.42. The molecule has 8 heteroatoms. The highest BCUT2D eigenvalue weighted by Crippen LogP contribution is 2.32. The Labute approximate surface area is 155 Å². The number of amidine groups is 1. The van der Waals surface area contributed by atoms with Crippen molar-refractivity contribution in [3.05, 3.63) is 59.9 Å². The Morgan fingerprint density at radius 1 is 1.00 bits per heavy atom. The van der Waals surface area contributed by atoms with Crippen LogP contribution in [0.25, 0.3) is 5.76 Å². The van der Waals surface area contributed by atoms with Gasteiger partial charge in [-0.3, -0.25) is 10.8 Å². The molecule has 0 aromatic heterocycles. The lowest BCUT2D eigenvalue weighted by atomic mass is 10.1. The molecule has 0 aliphatic carbocycles. The summed E-state index contributed by atoms with van der Waals surface area (Å²) in [5.41, 5.74) is 2.36. The van der Waals surface area contributed by atoms with Gasteiger partial charge in [-0.15, -0.1) is 0 Å². The first-order valence-corrected chi connectivity index (χ1v) is 8.46. The molecule has 0 amide bonds. The Morgan fingerprint density at radius 2 is 1.59 bits per heavy atom. The first-order chi connectivity index (χ1) is 13.0. The standard InChI is InChI=1S/C19H19N5O3/c20-17(24-9-12(25)10-24)18(21)27-13-7-5-11(6-8-13)16(26)19-22-14-3-1-2-4-15(14)23-19/h1-8,12,20-23,25-26H,9-10H2. The quantitative estimate of drug-likeness (QED) is 0.276. The number of anilines is 2. The van der Waals surface area contributed by atoms with Crippen LogP contribution in [0.3, 0.4) is 0 Å². The summed E-state index contributed by atoms with van der Waals surface area (Å²) in [6, 6.07) is 14.2. The van der Waals surface area contributed by atoms with E-state index in [1.165, 1.54) is 0 Å². The third-order valence-corrected chi connectivity index (χ3v) is 4.42. The number of ether oxygens (including phenoxy) is 1. The number of hydrogen-bond donors (Lipinski definition) is 6. The summed E-state index contributed by atoms with van der Waals surface area (Å²) in [5.74, 6) is 0.604. The highest BCUT2D eigenvalue weighted by Gasteiger charge is 2.29. The zero-order valence-corrected chi connectivity index (χ0v) is 14.4. The molecular formula is C19H19N5O3. The number of aliphatic hydroxyl groups is 2. The molecule has 6 N–H and O–H groups in total. The molecule has 0 bridgehead atoms. The number of para-hydroxylation sites is 2. The van der Waals surface area contributed by atoms with Gasteiger partial charge < -0.3 is 30.5 Å². The van der Waals surface area contributed by atoms with E-state index in [1.807, 2.05) is 24.3 Å². The van der Waals surface area contributed by atoms with Gasteiger partial charge in [0.25, 0.3) is 5.90 Å². The molecule has 138 valence electrons. The highest BCUT2D eigenvalue weighted by atomic mass is 16.5. The fourth-order valence-electron chi connectivity index (χ4n) is 2.89. The first-order valence-electron chi connectivity index (χ1n) is 8.46. The molecule has 0 radical (unpaired) electrons. The van der Waals surface area contributed by atoms with Crippen LogP contribution in [0.2, 0.25) is 0 Å². The van der Waals surface area contributed by atoms with Crippen LogP contribution >= 0.6 is 0 Å². The van der Waals surface area contributed by atoms with E-state index >= 15 is 0 Å². The Hall–Kier alpha value is -3.52. The summed E-state index contributed by atoms with van der Waals surface area (Å²) in [6.45, 7) is 0.681. The smallest absolute Gasteiger partial charge is 0.254 e. The van der Waals surface area contributed by atoms with Crippen LogP contribution in [0.4, 0.5) is 11.4 Å². The van der Waals surface area contributed by atoms with E-state index in [0.717, 1.165) is 11.4 Å². The maximum absolute atomic E-state index is 10.5. The molecule has 2 aromatic carbocycles. The van der Waals surface area contributed by atoms with Gasteiger partial charge in [0, 0.05) is 18.7 Å². The normalized spacial score (nSPS) is 15.3. The second-order valence-corrected chi connectivity index (χ2v) is 6.38. The fourth-order valence-corrected chi connectivity index (χ4v) is 2.89. The van der Waals surface area contributed by atoms with Crippen molar-refractivity contribution in [1.29, 1.82) is 10.8 Å². The molecule has 1 fully saturated rings. The zero-order valence-electron chi connectivity index (χ0n) is 14.4. The van der Waals surface area contributed by atoms with E-state index < -0.39 is 6.10 Å². The highest BCUT2D eigenvalue weighted by molar-refractivity contribution is 6.36. The minimum Gasteiger partial charge on any atom is -0.504 e. The molecule has 1 saturated heterocycles. The zero-order chi connectivity index (χ0) is 19.0. The molecule has 0 spiro atoms. The molecule has 0 unspecified atom stereocenters. The van der Waals surface area contributed by atoms with Gasteiger partial charge >= 0.3 is 0 Å². The van der Waals surface area contributed by atoms with E-state index in [0.29, 0.717) is 30.2 Å². The summed E-state index contributed by atoms with van der Waals surface area (Å²) < 4.78 is 5.39. The number of benzene rings is 2. The predicted octanol–water partition coefficient (Wildman–Crippen LogP) is 2.42. The number of rotatable bonds is 2. The van der Waals surface area contributed by atoms with E-state index in [1.54, 1.807) is 29.2 Å². The summed E-state index contributed by atoms with van der Waals surface area (Å²) in [4.78, 5) is 1.56. The molecule has 4 rings (SSSR count). The third kappa shape index (κ3) is 3.30. The van der Waals surface area contributed by atoms with Crippen LogP contribution in [-0.4, -0.2) is 46.0 Å². The molecule has 8 nitrogen and oxygen atoms in total. The molecule has 2 aliphatic rings. The lowest BCUT2D eigenvalue weighted by Gasteiger charge is -2.37. The first kappa shape index (κ1) is 16.9. The van der Waals surface area contributed by atoms with E-state index in [9.17, 15) is 10.2 Å². The maximum Gasteiger partial charge on any atom is 0.254 e. The molecule has 2 heterocycles. The Bertz CT molecular complexity index is 906. The van der Waals surface area contributed by atoms with Crippen molar-refractivity contribution in [2.75, 3.05) is 23.7 Å². The molecule has 2 aromatic rings. The molecular weight excluding hydrogens is 346 g/mol. The van der Waals surface area contributed by atoms with Gasteiger partial charge in [-0.05, 0) is 36.4 Å². The summed E-state index contributed by atoms with van der Waals surface area (Å²) in [5, 5.41) is 41.8. The topological polar surface area (TPSA) is 125 Å². The minimum absolute atomic E-state index is 0.0635. The van der Waals surface area contributed by atoms with Gasteiger partial charge in [-0.1, -0.05) is 12.1 Å². The van der Waals surface area contributed by atoms with E-state index in [-0.39, 0.29) is 17.5 Å². The molecule has 0 atom stereocenters. The average molecular weight is 365 g/mol. The Morgan fingerprint density at radius 3 is 2.15 bits per heavy atom. The molecule has 27 heavy (non-hydrogen) atoms. The van der Waals surface area contributed by atoms with Crippen molar-refractivity contribution in [2.45, 2.75) is 6.10 Å². The van der Waals surface area contributed by atoms with E-state index in [4.69, 9.17) is 15.6 Å². The fraction of sp³-hybridized carbons (Fsp3) is 0.158. The van der Waals surface area contributed by atoms with Gasteiger partial charge in [0.15, 0.2) is 17.4 Å². The van der Waals surface area contributed by atoms with Gasteiger partial charge in [-0.25, -0.2) is 0 Å². The van der Waals surface area contributed by atoms with Crippen LogP contribution in [0.15, 0.2) is 54.4 Å². The van der Waals surface area contributed by atoms with Crippen molar-refractivity contribution < 1.29 is 14.9 Å². The van der Waals surface area contributed by atoms with Crippen molar-refractivity contribution >= 4 is 28.9 Å². The van der Waals surface area contributed by atoms with Crippen LogP contribution < -0.4 is 15.4 Å². The van der Waals surface area contributed by atoms with Crippen LogP contribution in [0.5, 0.6) is 5.75 Å². The number of nitrogens with zero attached hydrogens (tertiary/aromatic N) is 1. The van der Waals surface area contributed by atoms with Crippen LogP contribution in [0, 0.1) is 10.8 Å².